The summed E-state index contributed by atoms with van der Waals surface area (Å²) in [5.74, 6) is 0.382. The van der Waals surface area contributed by atoms with Gasteiger partial charge in [-0.15, -0.1) is 0 Å². The quantitative estimate of drug-likeness (QED) is 0.702. The number of aromatic hydroxyl groups is 1. The molecule has 84 valence electrons. The number of rotatable bonds is 6. The molecule has 1 rings (SSSR count). The van der Waals surface area contributed by atoms with E-state index in [1.54, 1.807) is 6.07 Å². The number of para-hydroxylation sites is 1. The van der Waals surface area contributed by atoms with Gasteiger partial charge in [0.25, 0.3) is 0 Å². The molecule has 2 N–H and O–H groups in total. The third-order valence-corrected chi connectivity index (χ3v) is 2.63. The van der Waals surface area contributed by atoms with Crippen LogP contribution in [0.2, 0.25) is 0 Å². The highest BCUT2D eigenvalue weighted by molar-refractivity contribution is 5.33. The molecule has 0 bridgehead atoms. The molecule has 0 fully saturated rings. The van der Waals surface area contributed by atoms with Crippen LogP contribution in [0.1, 0.15) is 44.7 Å². The minimum atomic E-state index is 0.225. The van der Waals surface area contributed by atoms with Crippen molar-refractivity contribution in [2.45, 2.75) is 39.2 Å². The maximum atomic E-state index is 9.64. The van der Waals surface area contributed by atoms with Gasteiger partial charge in [-0.25, -0.2) is 0 Å². The van der Waals surface area contributed by atoms with Gasteiger partial charge >= 0.3 is 0 Å². The summed E-state index contributed by atoms with van der Waals surface area (Å²) in [6.45, 7) is 5.30. The van der Waals surface area contributed by atoms with Gasteiger partial charge in [-0.05, 0) is 26.0 Å². The summed E-state index contributed by atoms with van der Waals surface area (Å²) >= 11 is 0. The van der Waals surface area contributed by atoms with Crippen LogP contribution in [0.15, 0.2) is 24.3 Å². The van der Waals surface area contributed by atoms with Crippen LogP contribution in [-0.4, -0.2) is 11.7 Å². The Balaban J connectivity index is 2.40. The zero-order valence-electron chi connectivity index (χ0n) is 9.66. The van der Waals surface area contributed by atoms with Gasteiger partial charge in [0.1, 0.15) is 5.75 Å². The van der Waals surface area contributed by atoms with Gasteiger partial charge in [-0.2, -0.15) is 0 Å². The van der Waals surface area contributed by atoms with E-state index >= 15 is 0 Å². The van der Waals surface area contributed by atoms with E-state index in [9.17, 15) is 5.11 Å². The summed E-state index contributed by atoms with van der Waals surface area (Å²) in [6, 6.07) is 7.73. The summed E-state index contributed by atoms with van der Waals surface area (Å²) in [6.07, 6.45) is 3.71. The van der Waals surface area contributed by atoms with Crippen LogP contribution in [0.25, 0.3) is 0 Å². The van der Waals surface area contributed by atoms with Gasteiger partial charge in [0, 0.05) is 11.6 Å². The maximum Gasteiger partial charge on any atom is 0.120 e. The fraction of sp³-hybridized carbons (Fsp3) is 0.538. The first-order valence-corrected chi connectivity index (χ1v) is 5.77. The van der Waals surface area contributed by atoms with Crippen molar-refractivity contribution in [1.82, 2.24) is 5.32 Å². The molecule has 0 saturated carbocycles. The number of phenolic OH excluding ortho intramolecular Hbond substituents is 1. The Kier molecular flexibility index (Phi) is 5.19. The van der Waals surface area contributed by atoms with Crippen LogP contribution in [0, 0.1) is 0 Å². The molecular weight excluding hydrogens is 186 g/mol. The Morgan fingerprint density at radius 3 is 2.67 bits per heavy atom. The highest BCUT2D eigenvalue weighted by Gasteiger charge is 2.07. The topological polar surface area (TPSA) is 32.3 Å². The van der Waals surface area contributed by atoms with Crippen molar-refractivity contribution < 1.29 is 5.11 Å². The zero-order valence-corrected chi connectivity index (χ0v) is 9.66. The summed E-state index contributed by atoms with van der Waals surface area (Å²) in [4.78, 5) is 0. The summed E-state index contributed by atoms with van der Waals surface area (Å²) in [5.41, 5.74) is 0.981. The third-order valence-electron chi connectivity index (χ3n) is 2.63. The Bertz CT molecular complexity index is 286. The minimum absolute atomic E-state index is 0.225. The Hall–Kier alpha value is -1.02. The average molecular weight is 207 g/mol. The molecule has 0 aliphatic carbocycles. The lowest BCUT2D eigenvalue weighted by Crippen LogP contribution is -2.19. The zero-order chi connectivity index (χ0) is 11.1. The molecule has 2 heteroatoms. The monoisotopic (exact) mass is 207 g/mol. The van der Waals surface area contributed by atoms with Crippen LogP contribution in [0.5, 0.6) is 5.75 Å². The second-order valence-corrected chi connectivity index (χ2v) is 3.94. The molecule has 1 aromatic carbocycles. The fourth-order valence-corrected chi connectivity index (χ4v) is 1.66. The second kappa shape index (κ2) is 6.46. The third kappa shape index (κ3) is 3.92. The SMILES string of the molecule is CCCCCNC(C)c1ccccc1O. The van der Waals surface area contributed by atoms with Crippen LogP contribution in [0.4, 0.5) is 0 Å². The predicted molar refractivity (Wildman–Crippen MR) is 64.0 cm³/mol. The van der Waals surface area contributed by atoms with E-state index in [0.29, 0.717) is 5.75 Å². The molecule has 2 nitrogen and oxygen atoms in total. The number of nitrogens with one attached hydrogen (secondary N) is 1. The largest absolute Gasteiger partial charge is 0.508 e. The molecule has 0 amide bonds. The van der Waals surface area contributed by atoms with Gasteiger partial charge in [-0.1, -0.05) is 38.0 Å². The molecule has 0 radical (unpaired) electrons. The lowest BCUT2D eigenvalue weighted by Gasteiger charge is -2.15. The van der Waals surface area contributed by atoms with Crippen LogP contribution >= 0.6 is 0 Å². The van der Waals surface area contributed by atoms with E-state index in [2.05, 4.69) is 19.2 Å². The summed E-state index contributed by atoms with van der Waals surface area (Å²) in [7, 11) is 0. The van der Waals surface area contributed by atoms with Crippen molar-refractivity contribution in [2.75, 3.05) is 6.54 Å². The standard InChI is InChI=1S/C13H21NO/c1-3-4-7-10-14-11(2)12-8-5-6-9-13(12)15/h5-6,8-9,11,14-15H,3-4,7,10H2,1-2H3. The van der Waals surface area contributed by atoms with E-state index < -0.39 is 0 Å². The highest BCUT2D eigenvalue weighted by atomic mass is 16.3. The molecule has 0 saturated heterocycles. The predicted octanol–water partition coefficient (Wildman–Crippen LogP) is 3.23. The second-order valence-electron chi connectivity index (χ2n) is 3.94. The van der Waals surface area contributed by atoms with Gasteiger partial charge in [-0.3, -0.25) is 0 Å². The number of hydrogen-bond donors (Lipinski definition) is 2. The molecule has 1 aromatic rings. The number of unbranched alkanes of at least 4 members (excludes halogenated alkanes) is 2. The first kappa shape index (κ1) is 12.1. The number of phenols is 1. The highest BCUT2D eigenvalue weighted by Crippen LogP contribution is 2.22. The lowest BCUT2D eigenvalue weighted by molar-refractivity contribution is 0.451. The molecular formula is C13H21NO. The van der Waals surface area contributed by atoms with E-state index in [4.69, 9.17) is 0 Å². The molecule has 0 aliphatic rings. The molecule has 0 aromatic heterocycles. The van der Waals surface area contributed by atoms with E-state index in [1.165, 1.54) is 19.3 Å². The minimum Gasteiger partial charge on any atom is -0.508 e. The van der Waals surface area contributed by atoms with Gasteiger partial charge in [0.2, 0.25) is 0 Å². The average Bonchev–Trinajstić information content (AvgIpc) is 2.25. The van der Waals surface area contributed by atoms with Gasteiger partial charge in [0.05, 0.1) is 0 Å². The number of benzene rings is 1. The van der Waals surface area contributed by atoms with E-state index in [1.807, 2.05) is 18.2 Å². The Morgan fingerprint density at radius 1 is 1.27 bits per heavy atom. The Labute approximate surface area is 92.3 Å². The molecule has 0 spiro atoms. The first-order chi connectivity index (χ1) is 7.25. The van der Waals surface area contributed by atoms with Crippen molar-refractivity contribution in [2.24, 2.45) is 0 Å². The van der Waals surface area contributed by atoms with E-state index in [-0.39, 0.29) is 6.04 Å². The summed E-state index contributed by atoms with van der Waals surface area (Å²) < 4.78 is 0. The fourth-order valence-electron chi connectivity index (χ4n) is 1.66. The molecule has 1 unspecified atom stereocenters. The Morgan fingerprint density at radius 2 is 2.00 bits per heavy atom. The molecule has 0 aliphatic heterocycles. The van der Waals surface area contributed by atoms with Crippen molar-refractivity contribution in [3.63, 3.8) is 0 Å². The van der Waals surface area contributed by atoms with Crippen LogP contribution < -0.4 is 5.32 Å². The normalized spacial score (nSPS) is 12.7. The number of hydrogen-bond acceptors (Lipinski definition) is 2. The van der Waals surface area contributed by atoms with Crippen LogP contribution in [0.3, 0.4) is 0 Å². The van der Waals surface area contributed by atoms with Crippen molar-refractivity contribution in [3.05, 3.63) is 29.8 Å². The van der Waals surface area contributed by atoms with Crippen LogP contribution in [-0.2, 0) is 0 Å². The molecule has 1 atom stereocenters. The van der Waals surface area contributed by atoms with Crippen molar-refractivity contribution in [3.8, 4) is 5.75 Å². The van der Waals surface area contributed by atoms with Gasteiger partial charge in [0.15, 0.2) is 0 Å². The maximum absolute atomic E-state index is 9.64. The summed E-state index contributed by atoms with van der Waals surface area (Å²) in [5, 5.41) is 13.1. The van der Waals surface area contributed by atoms with Crippen molar-refractivity contribution in [1.29, 1.82) is 0 Å². The lowest BCUT2D eigenvalue weighted by atomic mass is 10.1. The van der Waals surface area contributed by atoms with Crippen molar-refractivity contribution >= 4 is 0 Å². The van der Waals surface area contributed by atoms with Gasteiger partial charge < -0.3 is 10.4 Å². The molecule has 0 heterocycles. The smallest absolute Gasteiger partial charge is 0.120 e. The molecule has 15 heavy (non-hydrogen) atoms. The van der Waals surface area contributed by atoms with E-state index in [0.717, 1.165) is 12.1 Å². The first-order valence-electron chi connectivity index (χ1n) is 5.77.